The topological polar surface area (TPSA) is 12.9 Å². The Morgan fingerprint density at radius 2 is 2.50 bits per heavy atom. The normalized spacial score (nSPS) is 12.5. The number of pyridine rings is 1. The molecule has 0 amide bonds. The van der Waals surface area contributed by atoms with Gasteiger partial charge in [0.25, 0.3) is 0 Å². The number of hydrogen-bond acceptors (Lipinski definition) is 1. The maximum atomic E-state index is 12.7. The van der Waals surface area contributed by atoms with Gasteiger partial charge in [-0.05, 0) is 6.07 Å². The Hall–Kier alpha value is -1.18. The monoisotopic (exact) mass is 137 g/mol. The summed E-state index contributed by atoms with van der Waals surface area (Å²) >= 11 is 0. The summed E-state index contributed by atoms with van der Waals surface area (Å²) < 4.78 is 12.7. The third kappa shape index (κ3) is 1.41. The Balaban J connectivity index is 2.84. The van der Waals surface area contributed by atoms with E-state index in [1.165, 1.54) is 12.3 Å². The standard InChI is InChI=1S/C8H8FN/c1-2-8(9)7-4-3-5-10-6-7/h2-6,8H,1H2. The molecule has 0 bridgehead atoms. The van der Waals surface area contributed by atoms with Crippen LogP contribution >= 0.6 is 0 Å². The van der Waals surface area contributed by atoms with Crippen LogP contribution in [0.4, 0.5) is 4.39 Å². The van der Waals surface area contributed by atoms with E-state index in [0.29, 0.717) is 5.56 Å². The first kappa shape index (κ1) is 6.93. The predicted molar refractivity (Wildman–Crippen MR) is 38.3 cm³/mol. The van der Waals surface area contributed by atoms with Crippen LogP contribution in [0.2, 0.25) is 0 Å². The van der Waals surface area contributed by atoms with Gasteiger partial charge in [0.1, 0.15) is 6.17 Å². The van der Waals surface area contributed by atoms with Gasteiger partial charge in [-0.1, -0.05) is 18.7 Å². The molecule has 1 aromatic rings. The van der Waals surface area contributed by atoms with Crippen molar-refractivity contribution in [3.63, 3.8) is 0 Å². The lowest BCUT2D eigenvalue weighted by Crippen LogP contribution is -1.85. The SMILES string of the molecule is C=CC(F)c1cccnc1. The summed E-state index contributed by atoms with van der Waals surface area (Å²) in [5.74, 6) is 0. The number of alkyl halides is 1. The summed E-state index contributed by atoms with van der Waals surface area (Å²) in [5.41, 5.74) is 0.553. The van der Waals surface area contributed by atoms with Crippen molar-refractivity contribution in [2.75, 3.05) is 0 Å². The molecule has 1 nitrogen and oxygen atoms in total. The zero-order valence-corrected chi connectivity index (χ0v) is 5.50. The number of allylic oxidation sites excluding steroid dienone is 1. The Morgan fingerprint density at radius 3 is 3.00 bits per heavy atom. The molecule has 1 rings (SSSR count). The second-order valence-corrected chi connectivity index (χ2v) is 1.92. The molecule has 0 saturated carbocycles. The Labute approximate surface area is 59.2 Å². The molecule has 0 N–H and O–H groups in total. The summed E-state index contributed by atoms with van der Waals surface area (Å²) in [6.07, 6.45) is 3.26. The maximum absolute atomic E-state index is 12.7. The van der Waals surface area contributed by atoms with Crippen LogP contribution in [0, 0.1) is 0 Å². The molecular weight excluding hydrogens is 129 g/mol. The highest BCUT2D eigenvalue weighted by Gasteiger charge is 2.01. The minimum absolute atomic E-state index is 0.553. The average molecular weight is 137 g/mol. The molecule has 1 unspecified atom stereocenters. The molecule has 0 spiro atoms. The molecule has 0 aliphatic carbocycles. The molecule has 1 heterocycles. The van der Waals surface area contributed by atoms with Crippen LogP contribution in [0.5, 0.6) is 0 Å². The zero-order chi connectivity index (χ0) is 7.40. The Bertz CT molecular complexity index is 208. The van der Waals surface area contributed by atoms with Gasteiger partial charge in [-0.25, -0.2) is 4.39 Å². The van der Waals surface area contributed by atoms with Crippen molar-refractivity contribution in [2.45, 2.75) is 6.17 Å². The summed E-state index contributed by atoms with van der Waals surface area (Å²) in [6.45, 7) is 3.33. The third-order valence-corrected chi connectivity index (χ3v) is 1.21. The van der Waals surface area contributed by atoms with Gasteiger partial charge in [0.15, 0.2) is 0 Å². The molecular formula is C8H8FN. The van der Waals surface area contributed by atoms with Crippen LogP contribution in [-0.2, 0) is 0 Å². The van der Waals surface area contributed by atoms with E-state index in [-0.39, 0.29) is 0 Å². The van der Waals surface area contributed by atoms with E-state index in [2.05, 4.69) is 11.6 Å². The van der Waals surface area contributed by atoms with Crippen molar-refractivity contribution in [3.05, 3.63) is 42.7 Å². The van der Waals surface area contributed by atoms with E-state index in [0.717, 1.165) is 0 Å². The smallest absolute Gasteiger partial charge is 0.145 e. The summed E-state index contributed by atoms with van der Waals surface area (Å²) in [4.78, 5) is 3.77. The molecule has 52 valence electrons. The van der Waals surface area contributed by atoms with Gasteiger partial charge in [0.2, 0.25) is 0 Å². The lowest BCUT2D eigenvalue weighted by atomic mass is 10.2. The van der Waals surface area contributed by atoms with Crippen LogP contribution in [0.1, 0.15) is 11.7 Å². The number of aromatic nitrogens is 1. The van der Waals surface area contributed by atoms with Crippen LogP contribution in [0.25, 0.3) is 0 Å². The van der Waals surface area contributed by atoms with Crippen LogP contribution in [0.3, 0.4) is 0 Å². The first-order valence-corrected chi connectivity index (χ1v) is 3.01. The van der Waals surface area contributed by atoms with E-state index in [1.807, 2.05) is 0 Å². The van der Waals surface area contributed by atoms with Crippen LogP contribution in [-0.4, -0.2) is 4.98 Å². The van der Waals surface area contributed by atoms with Gasteiger partial charge in [-0.2, -0.15) is 0 Å². The van der Waals surface area contributed by atoms with Gasteiger partial charge in [-0.3, -0.25) is 4.98 Å². The average Bonchev–Trinajstić information content (AvgIpc) is 2.05. The highest BCUT2D eigenvalue weighted by atomic mass is 19.1. The van der Waals surface area contributed by atoms with E-state index < -0.39 is 6.17 Å². The molecule has 0 aromatic carbocycles. The van der Waals surface area contributed by atoms with Crippen LogP contribution in [0.15, 0.2) is 37.2 Å². The summed E-state index contributed by atoms with van der Waals surface area (Å²) in [7, 11) is 0. The van der Waals surface area contributed by atoms with Crippen molar-refractivity contribution in [3.8, 4) is 0 Å². The number of hydrogen-bond donors (Lipinski definition) is 0. The van der Waals surface area contributed by atoms with E-state index in [4.69, 9.17) is 0 Å². The van der Waals surface area contributed by atoms with Crippen molar-refractivity contribution >= 4 is 0 Å². The minimum atomic E-state index is -1.09. The Kier molecular flexibility index (Phi) is 2.15. The molecule has 2 heteroatoms. The quantitative estimate of drug-likeness (QED) is 0.570. The lowest BCUT2D eigenvalue weighted by molar-refractivity contribution is 0.414. The van der Waals surface area contributed by atoms with Crippen molar-refractivity contribution in [1.29, 1.82) is 0 Å². The van der Waals surface area contributed by atoms with Gasteiger partial charge in [-0.15, -0.1) is 0 Å². The Morgan fingerprint density at radius 1 is 1.70 bits per heavy atom. The molecule has 0 fully saturated rings. The van der Waals surface area contributed by atoms with Crippen molar-refractivity contribution in [2.24, 2.45) is 0 Å². The number of halogens is 1. The van der Waals surface area contributed by atoms with Gasteiger partial charge in [0, 0.05) is 18.0 Å². The zero-order valence-electron chi connectivity index (χ0n) is 5.50. The molecule has 10 heavy (non-hydrogen) atoms. The molecule has 0 aliphatic heterocycles. The highest BCUT2D eigenvalue weighted by molar-refractivity contribution is 5.15. The third-order valence-electron chi connectivity index (χ3n) is 1.21. The molecule has 0 saturated heterocycles. The van der Waals surface area contributed by atoms with Gasteiger partial charge in [0.05, 0.1) is 0 Å². The molecule has 0 aliphatic rings. The molecule has 0 radical (unpaired) electrons. The fraction of sp³-hybridized carbons (Fsp3) is 0.125. The van der Waals surface area contributed by atoms with E-state index in [9.17, 15) is 4.39 Å². The van der Waals surface area contributed by atoms with Gasteiger partial charge < -0.3 is 0 Å². The predicted octanol–water partition coefficient (Wildman–Crippen LogP) is 2.28. The second kappa shape index (κ2) is 3.11. The lowest BCUT2D eigenvalue weighted by Gasteiger charge is -1.98. The first-order valence-electron chi connectivity index (χ1n) is 3.01. The second-order valence-electron chi connectivity index (χ2n) is 1.92. The van der Waals surface area contributed by atoms with Crippen molar-refractivity contribution in [1.82, 2.24) is 4.98 Å². The molecule has 1 aromatic heterocycles. The fourth-order valence-electron chi connectivity index (χ4n) is 0.675. The van der Waals surface area contributed by atoms with Crippen molar-refractivity contribution < 1.29 is 4.39 Å². The number of rotatable bonds is 2. The van der Waals surface area contributed by atoms with E-state index >= 15 is 0 Å². The summed E-state index contributed by atoms with van der Waals surface area (Å²) in [5, 5.41) is 0. The minimum Gasteiger partial charge on any atom is -0.264 e. The molecule has 1 atom stereocenters. The van der Waals surface area contributed by atoms with E-state index in [1.54, 1.807) is 18.3 Å². The van der Waals surface area contributed by atoms with Crippen LogP contribution < -0.4 is 0 Å². The fourth-order valence-corrected chi connectivity index (χ4v) is 0.675. The number of nitrogens with zero attached hydrogens (tertiary/aromatic N) is 1. The van der Waals surface area contributed by atoms with Gasteiger partial charge >= 0.3 is 0 Å². The maximum Gasteiger partial charge on any atom is 0.145 e. The first-order chi connectivity index (χ1) is 4.84. The highest BCUT2D eigenvalue weighted by Crippen LogP contribution is 2.15. The largest absolute Gasteiger partial charge is 0.264 e. The summed E-state index contributed by atoms with van der Waals surface area (Å²) in [6, 6.07) is 3.38.